The second-order valence-electron chi connectivity index (χ2n) is 8.59. The van der Waals surface area contributed by atoms with Crippen LogP contribution >= 0.6 is 0 Å². The first-order valence-corrected chi connectivity index (χ1v) is 11.5. The summed E-state index contributed by atoms with van der Waals surface area (Å²) < 4.78 is 14.1. The maximum absolute atomic E-state index is 14.1. The number of Topliss-reactive ketones (excluding diaryl/α,β-unsaturated/α-hetero) is 1. The molecule has 2 N–H and O–H groups in total. The Hall–Kier alpha value is -4.32. The molecule has 0 saturated carbocycles. The van der Waals surface area contributed by atoms with Crippen molar-refractivity contribution in [2.24, 2.45) is 0 Å². The van der Waals surface area contributed by atoms with E-state index in [9.17, 15) is 14.0 Å². The number of pyridine rings is 1. The van der Waals surface area contributed by atoms with Crippen LogP contribution in [0, 0.1) is 5.82 Å². The Morgan fingerprint density at radius 3 is 2.57 bits per heavy atom. The third kappa shape index (κ3) is 4.82. The third-order valence-electron chi connectivity index (χ3n) is 6.13. The maximum Gasteiger partial charge on any atom is 0.224 e. The molecule has 0 aliphatic rings. The summed E-state index contributed by atoms with van der Waals surface area (Å²) in [6.07, 6.45) is 1.48. The van der Waals surface area contributed by atoms with E-state index in [0.29, 0.717) is 30.5 Å². The van der Waals surface area contributed by atoms with Gasteiger partial charge in [-0.25, -0.2) is 9.37 Å². The molecule has 1 amide bonds. The number of para-hydroxylation sites is 1. The van der Waals surface area contributed by atoms with Gasteiger partial charge in [0.25, 0.3) is 0 Å². The van der Waals surface area contributed by atoms with Gasteiger partial charge in [-0.05, 0) is 79.9 Å². The fourth-order valence-corrected chi connectivity index (χ4v) is 4.34. The Bertz CT molecular complexity index is 1550. The number of nitrogens with one attached hydrogen (secondary N) is 2. The van der Waals surface area contributed by atoms with Gasteiger partial charge in [-0.15, -0.1) is 0 Å². The number of hydrogen-bond donors (Lipinski definition) is 2. The Balaban J connectivity index is 1.36. The third-order valence-corrected chi connectivity index (χ3v) is 6.13. The van der Waals surface area contributed by atoms with Crippen molar-refractivity contribution >= 4 is 39.2 Å². The molecule has 0 radical (unpaired) electrons. The van der Waals surface area contributed by atoms with E-state index < -0.39 is 0 Å². The zero-order valence-corrected chi connectivity index (χ0v) is 19.3. The number of carbonyl (C=O) groups is 2. The van der Waals surface area contributed by atoms with E-state index in [4.69, 9.17) is 4.98 Å². The summed E-state index contributed by atoms with van der Waals surface area (Å²) >= 11 is 0. The van der Waals surface area contributed by atoms with E-state index in [1.165, 1.54) is 19.1 Å². The summed E-state index contributed by atoms with van der Waals surface area (Å²) in [5.41, 5.74) is 5.54. The number of anilines is 1. The number of aromatic nitrogens is 2. The lowest BCUT2D eigenvalue weighted by Crippen LogP contribution is -2.11. The molecule has 0 saturated heterocycles. The number of carbonyl (C=O) groups excluding carboxylic acids is 2. The van der Waals surface area contributed by atoms with Crippen molar-refractivity contribution in [3.8, 4) is 11.4 Å². The van der Waals surface area contributed by atoms with Crippen molar-refractivity contribution in [3.63, 3.8) is 0 Å². The van der Waals surface area contributed by atoms with Crippen molar-refractivity contribution in [2.75, 3.05) is 5.32 Å². The van der Waals surface area contributed by atoms with Crippen LogP contribution in [0.5, 0.6) is 0 Å². The van der Waals surface area contributed by atoms with Crippen LogP contribution in [0.15, 0.2) is 78.9 Å². The Morgan fingerprint density at radius 2 is 1.77 bits per heavy atom. The minimum Gasteiger partial charge on any atom is -0.353 e. The molecule has 0 aliphatic carbocycles. The van der Waals surface area contributed by atoms with Crippen molar-refractivity contribution in [1.29, 1.82) is 0 Å². The monoisotopic (exact) mass is 465 g/mol. The standard InChI is InChI=1S/C29H24FN3O2/c1-18(34)19-9-13-22(14-10-19)31-28(35)8-4-6-23-24-17-21(30)12-16-26(24)33-29(23)27-15-11-20-5-2-3-7-25(20)32-27/h2-3,5,7,9-17,33H,4,6,8H2,1H3,(H,31,35). The number of aromatic amines is 1. The number of benzene rings is 3. The van der Waals surface area contributed by atoms with E-state index in [2.05, 4.69) is 10.3 Å². The predicted octanol–water partition coefficient (Wildman–Crippen LogP) is 6.69. The second kappa shape index (κ2) is 9.50. The van der Waals surface area contributed by atoms with E-state index >= 15 is 0 Å². The van der Waals surface area contributed by atoms with Gasteiger partial charge in [-0.3, -0.25) is 9.59 Å². The van der Waals surface area contributed by atoms with Gasteiger partial charge in [0.2, 0.25) is 5.91 Å². The molecule has 35 heavy (non-hydrogen) atoms. The number of fused-ring (bicyclic) bond motifs is 2. The van der Waals surface area contributed by atoms with Gasteiger partial charge in [0.15, 0.2) is 5.78 Å². The van der Waals surface area contributed by atoms with E-state index in [0.717, 1.165) is 38.8 Å². The molecule has 2 aromatic heterocycles. The molecule has 174 valence electrons. The fraction of sp³-hybridized carbons (Fsp3) is 0.138. The van der Waals surface area contributed by atoms with Crippen molar-refractivity contribution < 1.29 is 14.0 Å². The molecule has 2 heterocycles. The highest BCUT2D eigenvalue weighted by atomic mass is 19.1. The molecule has 0 spiro atoms. The normalized spacial score (nSPS) is 11.1. The summed E-state index contributed by atoms with van der Waals surface area (Å²) in [4.78, 5) is 32.2. The summed E-state index contributed by atoms with van der Waals surface area (Å²) in [6, 6.07) is 23.4. The highest BCUT2D eigenvalue weighted by Crippen LogP contribution is 2.32. The van der Waals surface area contributed by atoms with Crippen LogP contribution in [0.25, 0.3) is 33.2 Å². The fourth-order valence-electron chi connectivity index (χ4n) is 4.34. The molecule has 0 aliphatic heterocycles. The van der Waals surface area contributed by atoms with Crippen molar-refractivity contribution in [2.45, 2.75) is 26.2 Å². The Labute approximate surface area is 202 Å². The van der Waals surface area contributed by atoms with E-state index in [1.54, 1.807) is 30.3 Å². The topological polar surface area (TPSA) is 74.8 Å². The minimum atomic E-state index is -0.303. The number of rotatable bonds is 7. The van der Waals surface area contributed by atoms with Crippen LogP contribution in [0.2, 0.25) is 0 Å². The number of halogens is 1. The first kappa shape index (κ1) is 22.5. The van der Waals surface area contributed by atoms with Gasteiger partial charge in [-0.1, -0.05) is 24.3 Å². The van der Waals surface area contributed by atoms with E-state index in [-0.39, 0.29) is 17.5 Å². The van der Waals surface area contributed by atoms with Gasteiger partial charge in [0.05, 0.1) is 16.9 Å². The first-order valence-electron chi connectivity index (χ1n) is 11.5. The molecular weight excluding hydrogens is 441 g/mol. The average Bonchev–Trinajstić information content (AvgIpc) is 3.21. The highest BCUT2D eigenvalue weighted by molar-refractivity contribution is 5.96. The number of hydrogen-bond acceptors (Lipinski definition) is 3. The summed E-state index contributed by atoms with van der Waals surface area (Å²) in [6.45, 7) is 1.51. The van der Waals surface area contributed by atoms with Crippen molar-refractivity contribution in [1.82, 2.24) is 9.97 Å². The van der Waals surface area contributed by atoms with Crippen LogP contribution in [0.1, 0.15) is 35.7 Å². The van der Waals surface area contributed by atoms with Crippen LogP contribution in [0.4, 0.5) is 10.1 Å². The molecule has 5 aromatic rings. The second-order valence-corrected chi connectivity index (χ2v) is 8.59. The molecule has 0 unspecified atom stereocenters. The van der Waals surface area contributed by atoms with Gasteiger partial charge in [0.1, 0.15) is 5.82 Å². The molecule has 5 nitrogen and oxygen atoms in total. The highest BCUT2D eigenvalue weighted by Gasteiger charge is 2.16. The molecule has 0 atom stereocenters. The largest absolute Gasteiger partial charge is 0.353 e. The molecule has 0 fully saturated rings. The SMILES string of the molecule is CC(=O)c1ccc(NC(=O)CCCc2c(-c3ccc4ccccc4n3)[nH]c3ccc(F)cc23)cc1. The molecule has 6 heteroatoms. The molecule has 3 aromatic carbocycles. The number of amides is 1. The minimum absolute atomic E-state index is 0.0188. The zero-order chi connectivity index (χ0) is 24.4. The van der Waals surface area contributed by atoms with Gasteiger partial charge in [-0.2, -0.15) is 0 Å². The lowest BCUT2D eigenvalue weighted by atomic mass is 10.0. The number of ketones is 1. The number of aryl methyl sites for hydroxylation is 1. The first-order chi connectivity index (χ1) is 17.0. The van der Waals surface area contributed by atoms with Crippen LogP contribution in [-0.2, 0) is 11.2 Å². The summed E-state index contributed by atoms with van der Waals surface area (Å²) in [7, 11) is 0. The van der Waals surface area contributed by atoms with Crippen molar-refractivity contribution in [3.05, 3.63) is 95.8 Å². The zero-order valence-electron chi connectivity index (χ0n) is 19.3. The Kier molecular flexibility index (Phi) is 6.10. The van der Waals surface area contributed by atoms with Crippen LogP contribution < -0.4 is 5.32 Å². The molecule has 0 bridgehead atoms. The van der Waals surface area contributed by atoms with Gasteiger partial charge < -0.3 is 10.3 Å². The Morgan fingerprint density at radius 1 is 0.971 bits per heavy atom. The quantitative estimate of drug-likeness (QED) is 0.263. The van der Waals surface area contributed by atoms with Gasteiger partial charge >= 0.3 is 0 Å². The number of nitrogens with zero attached hydrogens (tertiary/aromatic N) is 1. The molecule has 5 rings (SSSR count). The lowest BCUT2D eigenvalue weighted by Gasteiger charge is -2.08. The average molecular weight is 466 g/mol. The van der Waals surface area contributed by atoms with Gasteiger partial charge in [0, 0.05) is 34.0 Å². The summed E-state index contributed by atoms with van der Waals surface area (Å²) in [5, 5.41) is 4.72. The smallest absolute Gasteiger partial charge is 0.224 e. The lowest BCUT2D eigenvalue weighted by molar-refractivity contribution is -0.116. The van der Waals surface area contributed by atoms with Crippen LogP contribution in [-0.4, -0.2) is 21.7 Å². The molecular formula is C29H24FN3O2. The van der Waals surface area contributed by atoms with Crippen LogP contribution in [0.3, 0.4) is 0 Å². The number of H-pyrrole nitrogens is 1. The summed E-state index contributed by atoms with van der Waals surface area (Å²) in [5.74, 6) is -0.436. The maximum atomic E-state index is 14.1. The predicted molar refractivity (Wildman–Crippen MR) is 137 cm³/mol. The van der Waals surface area contributed by atoms with E-state index in [1.807, 2.05) is 36.4 Å².